The molecule has 21 heavy (non-hydrogen) atoms. The second kappa shape index (κ2) is 5.45. The topological polar surface area (TPSA) is 98.0 Å². The molecule has 9 heteroatoms. The predicted molar refractivity (Wildman–Crippen MR) is 78.1 cm³/mol. The monoisotopic (exact) mass is 330 g/mol. The molecule has 1 aromatic carbocycles. The number of aromatic nitrogens is 2. The van der Waals surface area contributed by atoms with Gasteiger partial charge in [0.15, 0.2) is 0 Å². The summed E-state index contributed by atoms with van der Waals surface area (Å²) in [4.78, 5) is 7.31. The van der Waals surface area contributed by atoms with Crippen molar-refractivity contribution in [3.8, 4) is 0 Å². The molecular weight excluding hydrogens is 319 g/mol. The summed E-state index contributed by atoms with van der Waals surface area (Å²) in [5.74, 6) is -0.647. The molecule has 1 aromatic heterocycles. The van der Waals surface area contributed by atoms with Crippen LogP contribution in [-0.2, 0) is 10.0 Å². The molecule has 0 fully saturated rings. The first kappa shape index (κ1) is 15.5. The number of nitrogen functional groups attached to an aromatic ring is 1. The van der Waals surface area contributed by atoms with Crippen LogP contribution < -0.4 is 10.5 Å². The molecular formula is C12H12ClFN4O2S. The third-order valence-electron chi connectivity index (χ3n) is 2.84. The normalized spacial score (nSPS) is 11.4. The van der Waals surface area contributed by atoms with Crippen LogP contribution in [0.4, 0.5) is 15.9 Å². The zero-order valence-corrected chi connectivity index (χ0v) is 12.8. The Kier molecular flexibility index (Phi) is 4.02. The highest BCUT2D eigenvalue weighted by atomic mass is 35.5. The molecule has 6 nitrogen and oxygen atoms in total. The number of aryl methyl sites for hydroxylation is 1. The second-order valence-electron chi connectivity index (χ2n) is 4.36. The number of benzene rings is 1. The summed E-state index contributed by atoms with van der Waals surface area (Å²) in [7, 11) is -3.98. The van der Waals surface area contributed by atoms with Crippen LogP contribution in [0.25, 0.3) is 0 Å². The van der Waals surface area contributed by atoms with E-state index in [1.807, 2.05) is 0 Å². The van der Waals surface area contributed by atoms with Crippen LogP contribution in [0.3, 0.4) is 0 Å². The highest BCUT2D eigenvalue weighted by Gasteiger charge is 2.23. The van der Waals surface area contributed by atoms with E-state index in [-0.39, 0.29) is 32.8 Å². The Bertz CT molecular complexity index is 811. The van der Waals surface area contributed by atoms with Gasteiger partial charge in [-0.3, -0.25) is 4.72 Å². The van der Waals surface area contributed by atoms with Crippen LogP contribution in [0.2, 0.25) is 5.28 Å². The number of nitrogens with two attached hydrogens (primary N) is 1. The van der Waals surface area contributed by atoms with Gasteiger partial charge in [-0.25, -0.2) is 17.8 Å². The van der Waals surface area contributed by atoms with Gasteiger partial charge < -0.3 is 5.73 Å². The Morgan fingerprint density at radius 3 is 2.67 bits per heavy atom. The molecule has 2 aromatic rings. The third kappa shape index (κ3) is 3.06. The minimum Gasteiger partial charge on any atom is -0.396 e. The number of halogens is 2. The second-order valence-corrected chi connectivity index (χ2v) is 6.32. The van der Waals surface area contributed by atoms with Crippen molar-refractivity contribution in [3.05, 3.63) is 40.6 Å². The average molecular weight is 331 g/mol. The smallest absolute Gasteiger partial charge is 0.263 e. The molecule has 2 rings (SSSR count). The molecule has 0 unspecified atom stereocenters. The molecule has 0 atom stereocenters. The highest BCUT2D eigenvalue weighted by Crippen LogP contribution is 2.28. The number of nitrogens with one attached hydrogen (secondary N) is 1. The van der Waals surface area contributed by atoms with Crippen LogP contribution in [0.15, 0.2) is 23.2 Å². The summed E-state index contributed by atoms with van der Waals surface area (Å²) in [6.45, 7) is 2.92. The molecule has 3 N–H and O–H groups in total. The van der Waals surface area contributed by atoms with E-state index >= 15 is 0 Å². The molecule has 0 amide bonds. The first-order valence-corrected chi connectivity index (χ1v) is 7.65. The van der Waals surface area contributed by atoms with Gasteiger partial charge >= 0.3 is 0 Å². The van der Waals surface area contributed by atoms with Crippen LogP contribution in [0.1, 0.15) is 11.1 Å². The fraction of sp³-hybridized carbons (Fsp3) is 0.167. The minimum atomic E-state index is -3.98. The van der Waals surface area contributed by atoms with Crippen molar-refractivity contribution >= 4 is 33.1 Å². The van der Waals surface area contributed by atoms with E-state index in [9.17, 15) is 12.8 Å². The van der Waals surface area contributed by atoms with Gasteiger partial charge in [-0.15, -0.1) is 0 Å². The summed E-state index contributed by atoms with van der Waals surface area (Å²) in [6, 6.07) is 2.42. The maximum Gasteiger partial charge on any atom is 0.263 e. The quantitative estimate of drug-likeness (QED) is 0.664. The molecule has 0 aliphatic carbocycles. The van der Waals surface area contributed by atoms with Gasteiger partial charge in [0.25, 0.3) is 10.0 Å². The molecule has 1 heterocycles. The summed E-state index contributed by atoms with van der Waals surface area (Å²) >= 11 is 5.60. The Hall–Kier alpha value is -1.93. The Labute approximate surface area is 126 Å². The van der Waals surface area contributed by atoms with E-state index in [0.717, 1.165) is 6.07 Å². The summed E-state index contributed by atoms with van der Waals surface area (Å²) in [5.41, 5.74) is 5.73. The lowest BCUT2D eigenvalue weighted by Crippen LogP contribution is -2.18. The van der Waals surface area contributed by atoms with E-state index in [1.165, 1.54) is 26.1 Å². The highest BCUT2D eigenvalue weighted by molar-refractivity contribution is 7.92. The minimum absolute atomic E-state index is 0.0108. The van der Waals surface area contributed by atoms with Crippen molar-refractivity contribution in [2.24, 2.45) is 0 Å². The molecule has 112 valence electrons. The molecule has 0 bridgehead atoms. The van der Waals surface area contributed by atoms with Crippen molar-refractivity contribution < 1.29 is 12.8 Å². The van der Waals surface area contributed by atoms with E-state index in [4.69, 9.17) is 17.3 Å². The predicted octanol–water partition coefficient (Wildman–Crippen LogP) is 2.27. The molecule has 0 saturated carbocycles. The van der Waals surface area contributed by atoms with E-state index < -0.39 is 15.8 Å². The largest absolute Gasteiger partial charge is 0.396 e. The number of rotatable bonds is 3. The zero-order chi connectivity index (χ0) is 15.8. The third-order valence-corrected chi connectivity index (χ3v) is 4.66. The van der Waals surface area contributed by atoms with E-state index in [0.29, 0.717) is 0 Å². The number of sulfonamides is 1. The maximum absolute atomic E-state index is 13.5. The lowest BCUT2D eigenvalue weighted by atomic mass is 10.1. The Morgan fingerprint density at radius 1 is 1.38 bits per heavy atom. The van der Waals surface area contributed by atoms with Crippen LogP contribution in [0.5, 0.6) is 0 Å². The molecule has 0 radical (unpaired) electrons. The summed E-state index contributed by atoms with van der Waals surface area (Å²) < 4.78 is 40.6. The van der Waals surface area contributed by atoms with Gasteiger partial charge in [0.2, 0.25) is 5.28 Å². The number of hydrogen-bond donors (Lipinski definition) is 2. The maximum atomic E-state index is 13.5. The SMILES string of the molecule is Cc1cc(F)c(N)c(C)c1S(=O)(=O)Nc1ccnc(Cl)n1. The molecule has 0 spiro atoms. The summed E-state index contributed by atoms with van der Waals surface area (Å²) in [5, 5.41) is -0.0951. The van der Waals surface area contributed by atoms with Crippen molar-refractivity contribution in [3.63, 3.8) is 0 Å². The van der Waals surface area contributed by atoms with Gasteiger partial charge in [-0.2, -0.15) is 4.98 Å². The first-order chi connectivity index (χ1) is 9.72. The van der Waals surface area contributed by atoms with Crippen LogP contribution >= 0.6 is 11.6 Å². The van der Waals surface area contributed by atoms with Gasteiger partial charge in [-0.05, 0) is 48.7 Å². The zero-order valence-electron chi connectivity index (χ0n) is 11.2. The van der Waals surface area contributed by atoms with Gasteiger partial charge in [-0.1, -0.05) is 0 Å². The molecule has 0 aliphatic rings. The van der Waals surface area contributed by atoms with Crippen LogP contribution in [0, 0.1) is 19.7 Å². The van der Waals surface area contributed by atoms with Gasteiger partial charge in [0.1, 0.15) is 11.6 Å². The van der Waals surface area contributed by atoms with E-state index in [2.05, 4.69) is 14.7 Å². The standard InChI is InChI=1S/C12H12ClFN4O2S/c1-6-5-8(14)10(15)7(2)11(6)21(19,20)18-9-3-4-16-12(13)17-9/h3-5H,15H2,1-2H3,(H,16,17,18). The van der Waals surface area contributed by atoms with Crippen molar-refractivity contribution in [1.82, 2.24) is 9.97 Å². The Balaban J connectivity index is 2.53. The number of hydrogen-bond acceptors (Lipinski definition) is 5. The Morgan fingerprint density at radius 2 is 2.05 bits per heavy atom. The van der Waals surface area contributed by atoms with Crippen molar-refractivity contribution in [2.45, 2.75) is 18.7 Å². The fourth-order valence-corrected chi connectivity index (χ4v) is 3.56. The van der Waals surface area contributed by atoms with Crippen molar-refractivity contribution in [1.29, 1.82) is 0 Å². The van der Waals surface area contributed by atoms with Crippen LogP contribution in [-0.4, -0.2) is 18.4 Å². The average Bonchev–Trinajstić information content (AvgIpc) is 2.35. The molecule has 0 saturated heterocycles. The van der Waals surface area contributed by atoms with Crippen molar-refractivity contribution in [2.75, 3.05) is 10.5 Å². The number of nitrogens with zero attached hydrogens (tertiary/aromatic N) is 2. The molecule has 0 aliphatic heterocycles. The summed E-state index contributed by atoms with van der Waals surface area (Å²) in [6.07, 6.45) is 1.31. The van der Waals surface area contributed by atoms with Gasteiger partial charge in [0.05, 0.1) is 10.6 Å². The number of anilines is 2. The lowest BCUT2D eigenvalue weighted by Gasteiger charge is -2.14. The lowest BCUT2D eigenvalue weighted by molar-refractivity contribution is 0.598. The fourth-order valence-electron chi connectivity index (χ4n) is 1.92. The van der Waals surface area contributed by atoms with E-state index in [1.54, 1.807) is 0 Å². The first-order valence-electron chi connectivity index (χ1n) is 5.79. The van der Waals surface area contributed by atoms with Gasteiger partial charge in [0, 0.05) is 6.20 Å².